The summed E-state index contributed by atoms with van der Waals surface area (Å²) in [5.74, 6) is 6.35. The molecule has 21 heteroatoms. The number of pyridine rings is 3. The summed E-state index contributed by atoms with van der Waals surface area (Å²) in [5.41, 5.74) is 10.6. The monoisotopic (exact) mass is 1310 g/mol. The Labute approximate surface area is 568 Å². The van der Waals surface area contributed by atoms with Gasteiger partial charge in [0.25, 0.3) is 0 Å². The van der Waals surface area contributed by atoms with Crippen molar-refractivity contribution in [2.75, 3.05) is 7.11 Å². The molecule has 490 valence electrons. The van der Waals surface area contributed by atoms with Crippen molar-refractivity contribution in [3.63, 3.8) is 0 Å². The van der Waals surface area contributed by atoms with Crippen LogP contribution in [0, 0.1) is 0 Å². The quantitative estimate of drug-likeness (QED) is 0.0475. The van der Waals surface area contributed by atoms with E-state index in [4.69, 9.17) is 37.9 Å². The van der Waals surface area contributed by atoms with E-state index in [1.807, 2.05) is 206 Å². The molecule has 6 heterocycles. The number of carbonyl (C=O) groups is 1. The molecule has 0 unspecified atom stereocenters. The molecule has 0 spiro atoms. The van der Waals surface area contributed by atoms with Crippen LogP contribution in [-0.2, 0) is 51.0 Å². The van der Waals surface area contributed by atoms with Gasteiger partial charge in [-0.1, -0.05) is 133 Å². The van der Waals surface area contributed by atoms with Crippen LogP contribution >= 0.6 is 0 Å². The number of hydrogen-bond donors (Lipinski definition) is 3. The summed E-state index contributed by atoms with van der Waals surface area (Å²) < 4.78 is 46.5. The van der Waals surface area contributed by atoms with E-state index in [2.05, 4.69) is 84.8 Å². The average molecular weight is 1310 g/mol. The maximum atomic E-state index is 12.0. The number of fused-ring (bicyclic) bond motifs is 3. The van der Waals surface area contributed by atoms with Crippen molar-refractivity contribution in [2.45, 2.75) is 46.2 Å². The van der Waals surface area contributed by atoms with E-state index in [1.165, 1.54) is 26.1 Å². The summed E-state index contributed by atoms with van der Waals surface area (Å²) in [6.45, 7) is 2.39. The Morgan fingerprint density at radius 1 is 0.343 bits per heavy atom. The van der Waals surface area contributed by atoms with Crippen LogP contribution in [-0.4, -0.2) is 73.6 Å². The van der Waals surface area contributed by atoms with Gasteiger partial charge in [0.05, 0.1) is 46.3 Å². The van der Waals surface area contributed by atoms with Crippen molar-refractivity contribution < 1.29 is 42.7 Å². The molecule has 0 atom stereocenters. The molecule has 0 aliphatic heterocycles. The zero-order valence-electron chi connectivity index (χ0n) is 53.6. The molecule has 0 radical (unpaired) electrons. The molecular formula is C78H64N12O9. The van der Waals surface area contributed by atoms with E-state index in [0.29, 0.717) is 67.5 Å². The summed E-state index contributed by atoms with van der Waals surface area (Å²) >= 11 is 0. The van der Waals surface area contributed by atoms with Gasteiger partial charge >= 0.3 is 5.97 Å². The van der Waals surface area contributed by atoms with E-state index in [0.717, 1.165) is 106 Å². The molecule has 0 aliphatic carbocycles. The highest BCUT2D eigenvalue weighted by atomic mass is 16.5. The van der Waals surface area contributed by atoms with E-state index >= 15 is 0 Å². The van der Waals surface area contributed by atoms with Crippen molar-refractivity contribution in [1.29, 1.82) is 0 Å². The number of ether oxygens (including phenoxy) is 8. The maximum Gasteiger partial charge on any atom is 0.337 e. The second kappa shape index (κ2) is 32.2. The Kier molecular flexibility index (Phi) is 21.0. The smallest absolute Gasteiger partial charge is 0.337 e. The summed E-state index contributed by atoms with van der Waals surface area (Å²) in [5, 5.41) is 23.4. The molecule has 9 aromatic carbocycles. The standard InChI is InChI=1S/C28H24N4O5.2C25H20N4O2/c1-34-28(33)20-9-10-21(26(13-20)37-17-27-29-18-30-32-27)15-35-23-6-4-7-24(14-23)36-16-22-12-11-19-5-2-3-8-25(19)31-22;1-2-10-24-19(6-1)11-12-21(28-24)16-31-22-8-3-5-18(13-22)15-30-23-9-4-7-20(14-23)25-26-17-27-29-25;1-2-10-24-19(6-1)11-12-21(28-24)16-31-23-9-4-8-22(14-23)30-15-18-5-3-7-20(13-18)25-26-17-27-29-25/h2-14,18H,15-17H2,1H3,(H,29,30,32);2*1-14,17H,15-16H2,(H,26,27,29). The van der Waals surface area contributed by atoms with Crippen LogP contribution in [0.4, 0.5) is 0 Å². The number of nitrogens with one attached hydrogen (secondary N) is 3. The van der Waals surface area contributed by atoms with Crippen LogP contribution in [0.25, 0.3) is 55.5 Å². The Hall–Kier alpha value is -13.3. The summed E-state index contributed by atoms with van der Waals surface area (Å²) in [6.07, 6.45) is 4.39. The number of carbonyl (C=O) groups excluding carboxylic acids is 1. The fraction of sp³-hybridized carbons (Fsp3) is 0.103. The molecule has 0 saturated carbocycles. The first-order chi connectivity index (χ1) is 48.8. The summed E-state index contributed by atoms with van der Waals surface area (Å²) in [4.78, 5) is 38.4. The highest BCUT2D eigenvalue weighted by Gasteiger charge is 2.15. The van der Waals surface area contributed by atoms with Crippen molar-refractivity contribution in [3.8, 4) is 63.0 Å². The third-order valence-electron chi connectivity index (χ3n) is 15.3. The largest absolute Gasteiger partial charge is 0.489 e. The van der Waals surface area contributed by atoms with Crippen LogP contribution in [0.1, 0.15) is 50.0 Å². The number of aromatic amines is 3. The van der Waals surface area contributed by atoms with Crippen molar-refractivity contribution in [2.24, 2.45) is 0 Å². The molecule has 0 amide bonds. The highest BCUT2D eigenvalue weighted by molar-refractivity contribution is 5.90. The lowest BCUT2D eigenvalue weighted by atomic mass is 10.1. The number of H-pyrrole nitrogens is 3. The first-order valence-electron chi connectivity index (χ1n) is 31.5. The first-order valence-corrected chi connectivity index (χ1v) is 31.5. The Morgan fingerprint density at radius 3 is 1.26 bits per heavy atom. The van der Waals surface area contributed by atoms with E-state index in [-0.39, 0.29) is 13.2 Å². The minimum absolute atomic E-state index is 0.157. The molecular weight excluding hydrogens is 1250 g/mol. The minimum Gasteiger partial charge on any atom is -0.489 e. The van der Waals surface area contributed by atoms with Gasteiger partial charge in [-0.15, -0.1) is 0 Å². The predicted octanol–water partition coefficient (Wildman–Crippen LogP) is 15.2. The first kappa shape index (κ1) is 64.4. The normalized spacial score (nSPS) is 10.8. The van der Waals surface area contributed by atoms with Crippen LogP contribution in [0.15, 0.2) is 268 Å². The maximum absolute atomic E-state index is 12.0. The van der Waals surface area contributed by atoms with Crippen molar-refractivity contribution in [3.05, 3.63) is 313 Å². The number of nitrogens with zero attached hydrogens (tertiary/aromatic N) is 9. The van der Waals surface area contributed by atoms with E-state index in [1.54, 1.807) is 18.2 Å². The lowest BCUT2D eigenvalue weighted by Gasteiger charge is -2.14. The number of aromatic nitrogens is 12. The zero-order valence-corrected chi connectivity index (χ0v) is 53.6. The van der Waals surface area contributed by atoms with Gasteiger partial charge in [-0.3, -0.25) is 15.3 Å². The minimum atomic E-state index is -0.456. The second-order valence-corrected chi connectivity index (χ2v) is 22.2. The average Bonchev–Trinajstić information content (AvgIpc) is 1.59. The molecule has 15 rings (SSSR count). The van der Waals surface area contributed by atoms with E-state index in [9.17, 15) is 4.79 Å². The van der Waals surface area contributed by atoms with Gasteiger partial charge in [-0.2, -0.15) is 15.3 Å². The van der Waals surface area contributed by atoms with Crippen LogP contribution in [0.5, 0.6) is 40.2 Å². The predicted molar refractivity (Wildman–Crippen MR) is 373 cm³/mol. The molecule has 3 N–H and O–H groups in total. The molecule has 6 aromatic heterocycles. The van der Waals surface area contributed by atoms with Crippen LogP contribution < -0.4 is 33.2 Å². The van der Waals surface area contributed by atoms with Crippen molar-refractivity contribution >= 4 is 38.7 Å². The number of rotatable bonds is 24. The number of esters is 1. The lowest BCUT2D eigenvalue weighted by Crippen LogP contribution is -2.07. The Morgan fingerprint density at radius 2 is 0.768 bits per heavy atom. The number of benzene rings is 9. The van der Waals surface area contributed by atoms with Gasteiger partial charge in [0.2, 0.25) is 0 Å². The Balaban J connectivity index is 0.000000134. The fourth-order valence-electron chi connectivity index (χ4n) is 10.3. The van der Waals surface area contributed by atoms with Crippen molar-refractivity contribution in [1.82, 2.24) is 60.5 Å². The third kappa shape index (κ3) is 17.9. The summed E-state index contributed by atoms with van der Waals surface area (Å²) in [6, 6.07) is 80.0. The van der Waals surface area contributed by atoms with Crippen LogP contribution in [0.3, 0.4) is 0 Å². The zero-order chi connectivity index (χ0) is 67.2. The molecule has 0 aliphatic rings. The molecule has 0 fully saturated rings. The molecule has 15 aromatic rings. The second-order valence-electron chi connectivity index (χ2n) is 22.2. The van der Waals surface area contributed by atoms with E-state index < -0.39 is 5.97 Å². The Bertz CT molecular complexity index is 4910. The summed E-state index contributed by atoms with van der Waals surface area (Å²) in [7, 11) is 1.33. The molecule has 0 bridgehead atoms. The van der Waals surface area contributed by atoms with Crippen LogP contribution in [0.2, 0.25) is 0 Å². The topological polar surface area (TPSA) is 254 Å². The molecule has 21 nitrogen and oxygen atoms in total. The SMILES string of the molecule is COC(=O)c1ccc(COc2cccc(OCc3ccc4ccccc4n3)c2)c(OCc2ncn[nH]2)c1.c1cc(COc2cccc(-c3ncn[nH]3)c2)cc(OCc2ccc3ccccc3n2)c1.c1cc(OCc2cccc(-c3ncn[nH]3)c2)cc(OCc2ccc3ccccc3n2)c1. The van der Waals surface area contributed by atoms with Gasteiger partial charge in [-0.25, -0.2) is 34.7 Å². The highest BCUT2D eigenvalue weighted by Crippen LogP contribution is 2.29. The van der Waals surface area contributed by atoms with Gasteiger partial charge < -0.3 is 37.9 Å². The number of para-hydroxylation sites is 3. The fourth-order valence-corrected chi connectivity index (χ4v) is 10.3. The molecule has 0 saturated heterocycles. The number of hydrogen-bond acceptors (Lipinski definition) is 18. The van der Waals surface area contributed by atoms with Gasteiger partial charge in [0.15, 0.2) is 17.5 Å². The molecule has 99 heavy (non-hydrogen) atoms. The van der Waals surface area contributed by atoms with Gasteiger partial charge in [-0.05, 0) is 114 Å². The van der Waals surface area contributed by atoms with Gasteiger partial charge in [0, 0.05) is 45.0 Å². The van der Waals surface area contributed by atoms with Gasteiger partial charge in [0.1, 0.15) is 105 Å². The third-order valence-corrected chi connectivity index (χ3v) is 15.3. The lowest BCUT2D eigenvalue weighted by molar-refractivity contribution is 0.0600. The number of methoxy groups -OCH3 is 1.